The molecule has 1 N–H and O–H groups in total. The summed E-state index contributed by atoms with van der Waals surface area (Å²) in [6, 6.07) is 9.52. The van der Waals surface area contributed by atoms with Gasteiger partial charge in [-0.25, -0.2) is 0 Å². The average Bonchev–Trinajstić information content (AvgIpc) is 2.38. The Morgan fingerprint density at radius 3 is 1.22 bits per heavy atom. The molecule has 4 unspecified atom stereocenters. The van der Waals surface area contributed by atoms with E-state index in [1.54, 1.807) is 0 Å². The average molecular weight is 571 g/mol. The third kappa shape index (κ3) is 27.4. The Labute approximate surface area is 152 Å². The fraction of sp³-hybridized carbons (Fsp3) is 0.143. The molecule has 4 atom stereocenters. The van der Waals surface area contributed by atoms with Crippen molar-refractivity contribution in [2.24, 2.45) is 0 Å². The van der Waals surface area contributed by atoms with Gasteiger partial charge in [-0.15, -0.1) is 0 Å². The van der Waals surface area contributed by atoms with Gasteiger partial charge in [0.15, 0.2) is 0 Å². The summed E-state index contributed by atoms with van der Waals surface area (Å²) in [5.74, 6) is 0. The number of rotatable bonds is 5. The van der Waals surface area contributed by atoms with Gasteiger partial charge in [0.1, 0.15) is 8.62 Å². The monoisotopic (exact) mass is 572 g/mol. The quantitative estimate of drug-likeness (QED) is 0.345. The third-order valence-electron chi connectivity index (χ3n) is 1.29. The Hall–Kier alpha value is 0.210. The number of aliphatic hydroxyl groups is 1. The minimum Gasteiger partial charge on any atom is -0.563 e. The molecule has 0 heterocycles. The molecule has 16 heteroatoms. The van der Waals surface area contributed by atoms with E-state index in [-0.39, 0.29) is 32.5 Å². The maximum absolute atomic E-state index is 9.24. The van der Waals surface area contributed by atoms with E-state index in [1.807, 2.05) is 30.3 Å². The van der Waals surface area contributed by atoms with Crippen LogP contribution in [0.1, 0.15) is 5.56 Å². The van der Waals surface area contributed by atoms with Crippen molar-refractivity contribution in [2.45, 2.75) is 6.61 Å². The Kier molecular flexibility index (Phi) is 22.6. The zero-order valence-corrected chi connectivity index (χ0v) is 18.1. The van der Waals surface area contributed by atoms with E-state index in [2.05, 4.69) is 8.62 Å². The van der Waals surface area contributed by atoms with Crippen molar-refractivity contribution in [3.8, 4) is 0 Å². The molecular weight excluding hydrogens is 562 g/mol. The summed E-state index contributed by atoms with van der Waals surface area (Å²) >= 11 is 0. The Balaban J connectivity index is -0.000000257. The summed E-state index contributed by atoms with van der Waals surface area (Å²) in [6.07, 6.45) is 0. The van der Waals surface area contributed by atoms with Gasteiger partial charge in [0.2, 0.25) is 0 Å². The van der Waals surface area contributed by atoms with Crippen LogP contribution in [0, 0.1) is 0 Å². The van der Waals surface area contributed by atoms with Gasteiger partial charge in [0.25, 0.3) is 0 Å². The van der Waals surface area contributed by atoms with Crippen LogP contribution in [0.2, 0.25) is 0 Å². The number of aliphatic hydroxyl groups excluding tert-OH is 1. The predicted octanol–water partition coefficient (Wildman–Crippen LogP) is -0.747. The van der Waals surface area contributed by atoms with Gasteiger partial charge in [0, 0.05) is 0 Å². The molecule has 0 saturated heterocycles. The zero-order chi connectivity index (χ0) is 17.5. The van der Waals surface area contributed by atoms with Gasteiger partial charge in [-0.3, -0.25) is 0 Å². The molecule has 0 fully saturated rings. The fourth-order valence-electron chi connectivity index (χ4n) is 0.692. The smallest absolute Gasteiger partial charge is 0.563 e. The van der Waals surface area contributed by atoms with Crippen LogP contribution < -0.4 is 19.6 Å². The van der Waals surface area contributed by atoms with Gasteiger partial charge in [0.05, 0.1) is 6.61 Å². The molecule has 0 radical (unpaired) electrons. The second kappa shape index (κ2) is 18.5. The van der Waals surface area contributed by atoms with Crippen LogP contribution in [0.3, 0.4) is 0 Å². The number of benzene rings is 1. The van der Waals surface area contributed by atoms with Gasteiger partial charge in [-0.05, 0) is 23.8 Å². The van der Waals surface area contributed by atoms with E-state index in [0.29, 0.717) is 0 Å². The first-order chi connectivity index (χ1) is 10.2. The van der Waals surface area contributed by atoms with E-state index in [4.69, 9.17) is 5.11 Å². The maximum atomic E-state index is 9.24. The minimum atomic E-state index is -3.24. The largest absolute Gasteiger partial charge is 4.00 e. The van der Waals surface area contributed by atoms with E-state index >= 15 is 0 Å². The van der Waals surface area contributed by atoms with Crippen LogP contribution in [0.4, 0.5) is 0 Å². The second-order valence-corrected chi connectivity index (χ2v) is 5.80. The summed E-state index contributed by atoms with van der Waals surface area (Å²) in [4.78, 5) is 37.0. The second-order valence-electron chi connectivity index (χ2n) is 2.70. The first-order valence-electron chi connectivity index (χ1n) is 4.77. The fourth-order valence-corrected chi connectivity index (χ4v) is 1.56. The Morgan fingerprint density at radius 1 is 0.783 bits per heavy atom. The van der Waals surface area contributed by atoms with Crippen molar-refractivity contribution >= 4 is 33.0 Å². The number of hydrogen-bond acceptors (Lipinski definition) is 11. The van der Waals surface area contributed by atoms with E-state index in [9.17, 15) is 37.8 Å². The molecule has 1 aromatic rings. The molecule has 0 aliphatic carbocycles. The molecule has 122 valence electrons. The maximum Gasteiger partial charge on any atom is 4.00 e. The molecular formula is C7H8HfO11P4+4. The molecule has 0 aliphatic rings. The first-order valence-corrected chi connectivity index (χ1v) is 9.15. The Morgan fingerprint density at radius 2 is 1.09 bits per heavy atom. The summed E-state index contributed by atoms with van der Waals surface area (Å²) in [7, 11) is -12.9. The van der Waals surface area contributed by atoms with Crippen LogP contribution in [-0.4, -0.2) is 5.11 Å². The normalized spacial score (nSPS) is 11.3. The summed E-state index contributed by atoms with van der Waals surface area (Å²) in [5.41, 5.74) is 0.965. The van der Waals surface area contributed by atoms with Crippen molar-refractivity contribution in [3.63, 3.8) is 0 Å². The molecule has 0 aliphatic heterocycles. The van der Waals surface area contributed by atoms with Crippen molar-refractivity contribution in [1.82, 2.24) is 0 Å². The van der Waals surface area contributed by atoms with Gasteiger partial charge in [-0.2, -0.15) is 0 Å². The molecule has 23 heavy (non-hydrogen) atoms. The van der Waals surface area contributed by atoms with Crippen molar-refractivity contribution in [3.05, 3.63) is 35.9 Å². The van der Waals surface area contributed by atoms with Crippen LogP contribution in [0.25, 0.3) is 0 Å². The summed E-state index contributed by atoms with van der Waals surface area (Å²) < 4.78 is 43.3. The Bertz CT molecular complexity index is 448. The SMILES string of the molecule is O=[P+]([O-])O[P+](=O)[O-].O=[P+]([O-])O[P+](=O)[O-].OCc1ccccc1.[Hf+4]. The van der Waals surface area contributed by atoms with Crippen LogP contribution >= 0.6 is 33.0 Å². The van der Waals surface area contributed by atoms with Crippen molar-refractivity contribution < 1.29 is 77.4 Å². The topological polar surface area (TPSA) is 199 Å². The van der Waals surface area contributed by atoms with Gasteiger partial charge < -0.3 is 24.7 Å². The third-order valence-corrected chi connectivity index (χ3v) is 3.43. The van der Waals surface area contributed by atoms with Gasteiger partial charge in [-0.1, -0.05) is 30.3 Å². The summed E-state index contributed by atoms with van der Waals surface area (Å²) in [5, 5.41) is 8.54. The predicted molar refractivity (Wildman–Crippen MR) is 65.0 cm³/mol. The van der Waals surface area contributed by atoms with Crippen molar-refractivity contribution in [1.29, 1.82) is 0 Å². The minimum absolute atomic E-state index is 0. The molecule has 0 amide bonds. The standard InChI is InChI=1S/C7H8O.Hf.2O5P2/c8-6-7-4-2-1-3-5-7;;2*1-6(2)5-7(3)4/h1-5,8H,6H2;;;/q;+4;;. The molecule has 11 nitrogen and oxygen atoms in total. The van der Waals surface area contributed by atoms with E-state index in [1.165, 1.54) is 0 Å². The van der Waals surface area contributed by atoms with Crippen LogP contribution in [0.15, 0.2) is 30.3 Å². The number of hydrogen-bond donors (Lipinski definition) is 1. The van der Waals surface area contributed by atoms with Crippen molar-refractivity contribution in [2.75, 3.05) is 0 Å². The van der Waals surface area contributed by atoms with Crippen LogP contribution in [-0.2, 0) is 59.3 Å². The molecule has 0 saturated carbocycles. The molecule has 1 rings (SSSR count). The molecule has 0 aromatic heterocycles. The van der Waals surface area contributed by atoms with Gasteiger partial charge >= 0.3 is 58.9 Å². The molecule has 0 bridgehead atoms. The molecule has 0 spiro atoms. The first kappa shape index (κ1) is 28.0. The zero-order valence-electron chi connectivity index (χ0n) is 10.9. The van der Waals surface area contributed by atoms with E-state index in [0.717, 1.165) is 5.56 Å². The molecule has 1 aromatic carbocycles. The van der Waals surface area contributed by atoms with Crippen LogP contribution in [0.5, 0.6) is 0 Å². The van der Waals surface area contributed by atoms with E-state index < -0.39 is 33.0 Å². The summed E-state index contributed by atoms with van der Waals surface area (Å²) in [6.45, 7) is 0.140.